The molecule has 0 saturated heterocycles. The van der Waals surface area contributed by atoms with Gasteiger partial charge < -0.3 is 5.32 Å². The van der Waals surface area contributed by atoms with Gasteiger partial charge in [0, 0.05) is 19.0 Å². The van der Waals surface area contributed by atoms with Crippen LogP contribution in [-0.2, 0) is 13.0 Å². The van der Waals surface area contributed by atoms with E-state index in [1.54, 1.807) is 6.33 Å². The topological polar surface area (TPSA) is 42.7 Å². The van der Waals surface area contributed by atoms with Crippen LogP contribution in [0.25, 0.3) is 0 Å². The number of nitrogens with zero attached hydrogens (tertiary/aromatic N) is 3. The zero-order chi connectivity index (χ0) is 14.6. The maximum atomic E-state index is 4.40. The molecule has 116 valence electrons. The predicted octanol–water partition coefficient (Wildman–Crippen LogP) is 3.57. The third-order valence-corrected chi connectivity index (χ3v) is 3.87. The van der Waals surface area contributed by atoms with E-state index in [-0.39, 0.29) is 0 Å². The molecule has 20 heavy (non-hydrogen) atoms. The van der Waals surface area contributed by atoms with Crippen LogP contribution < -0.4 is 5.32 Å². The first-order valence-electron chi connectivity index (χ1n) is 8.35. The quantitative estimate of drug-likeness (QED) is 0.595. The summed E-state index contributed by atoms with van der Waals surface area (Å²) in [6, 6.07) is 0.529. The first-order valence-corrected chi connectivity index (χ1v) is 8.35. The van der Waals surface area contributed by atoms with Gasteiger partial charge in [-0.15, -0.1) is 0 Å². The van der Waals surface area contributed by atoms with Crippen LogP contribution in [0.15, 0.2) is 6.33 Å². The van der Waals surface area contributed by atoms with E-state index in [1.165, 1.54) is 44.9 Å². The standard InChI is InChI=1S/C16H32N4/c1-4-6-7-8-9-10-11-15(17-3)13-16-18-14-19-20(16)12-5-2/h14-15,17H,4-13H2,1-3H3. The molecular formula is C16H32N4. The highest BCUT2D eigenvalue weighted by Crippen LogP contribution is 2.11. The van der Waals surface area contributed by atoms with E-state index in [4.69, 9.17) is 0 Å². The van der Waals surface area contributed by atoms with Gasteiger partial charge >= 0.3 is 0 Å². The van der Waals surface area contributed by atoms with Gasteiger partial charge in [0.25, 0.3) is 0 Å². The molecular weight excluding hydrogens is 248 g/mol. The largest absolute Gasteiger partial charge is 0.317 e. The molecule has 1 rings (SSSR count). The molecule has 0 spiro atoms. The molecule has 0 amide bonds. The van der Waals surface area contributed by atoms with E-state index in [9.17, 15) is 0 Å². The molecule has 0 aliphatic carbocycles. The maximum absolute atomic E-state index is 4.40. The summed E-state index contributed by atoms with van der Waals surface area (Å²) < 4.78 is 2.05. The van der Waals surface area contributed by atoms with Gasteiger partial charge in [-0.3, -0.25) is 4.68 Å². The van der Waals surface area contributed by atoms with Crippen LogP contribution >= 0.6 is 0 Å². The van der Waals surface area contributed by atoms with Crippen LogP contribution in [-0.4, -0.2) is 27.9 Å². The fraction of sp³-hybridized carbons (Fsp3) is 0.875. The van der Waals surface area contributed by atoms with Crippen molar-refractivity contribution in [1.29, 1.82) is 0 Å². The minimum Gasteiger partial charge on any atom is -0.317 e. The summed E-state index contributed by atoms with van der Waals surface area (Å²) >= 11 is 0. The number of unbranched alkanes of at least 4 members (excludes halogenated alkanes) is 5. The summed E-state index contributed by atoms with van der Waals surface area (Å²) in [5.74, 6) is 1.12. The maximum Gasteiger partial charge on any atom is 0.138 e. The molecule has 0 aromatic carbocycles. The molecule has 1 atom stereocenters. The van der Waals surface area contributed by atoms with Crippen LogP contribution in [0.2, 0.25) is 0 Å². The van der Waals surface area contributed by atoms with E-state index in [0.717, 1.165) is 25.2 Å². The van der Waals surface area contributed by atoms with Crippen molar-refractivity contribution in [3.8, 4) is 0 Å². The van der Waals surface area contributed by atoms with Crippen molar-refractivity contribution in [1.82, 2.24) is 20.1 Å². The number of aromatic nitrogens is 3. The third-order valence-electron chi connectivity index (χ3n) is 3.87. The van der Waals surface area contributed by atoms with E-state index in [0.29, 0.717) is 6.04 Å². The van der Waals surface area contributed by atoms with Crippen molar-refractivity contribution in [2.24, 2.45) is 0 Å². The smallest absolute Gasteiger partial charge is 0.138 e. The van der Waals surface area contributed by atoms with Gasteiger partial charge in [-0.25, -0.2) is 4.98 Å². The van der Waals surface area contributed by atoms with Crippen LogP contribution in [0.4, 0.5) is 0 Å². The van der Waals surface area contributed by atoms with Gasteiger partial charge in [-0.2, -0.15) is 5.10 Å². The van der Waals surface area contributed by atoms with Crippen LogP contribution in [0, 0.1) is 0 Å². The monoisotopic (exact) mass is 280 g/mol. The number of aryl methyl sites for hydroxylation is 1. The fourth-order valence-corrected chi connectivity index (χ4v) is 2.58. The highest BCUT2D eigenvalue weighted by Gasteiger charge is 2.11. The molecule has 4 nitrogen and oxygen atoms in total. The Morgan fingerprint density at radius 3 is 2.55 bits per heavy atom. The molecule has 0 bridgehead atoms. The summed E-state index contributed by atoms with van der Waals surface area (Å²) in [4.78, 5) is 4.40. The van der Waals surface area contributed by atoms with Crippen LogP contribution in [0.3, 0.4) is 0 Å². The third kappa shape index (κ3) is 6.51. The Labute approximate surface area is 124 Å². The van der Waals surface area contributed by atoms with Gasteiger partial charge in [0.15, 0.2) is 0 Å². The van der Waals surface area contributed by atoms with E-state index < -0.39 is 0 Å². The molecule has 1 aromatic heterocycles. The average Bonchev–Trinajstić information content (AvgIpc) is 2.89. The number of rotatable bonds is 12. The second kappa shape index (κ2) is 10.8. The molecule has 0 saturated carbocycles. The Kier molecular flexibility index (Phi) is 9.29. The van der Waals surface area contributed by atoms with Crippen molar-refractivity contribution in [2.75, 3.05) is 7.05 Å². The Balaban J connectivity index is 2.26. The zero-order valence-corrected chi connectivity index (χ0v) is 13.6. The Morgan fingerprint density at radius 1 is 1.10 bits per heavy atom. The zero-order valence-electron chi connectivity index (χ0n) is 13.6. The Morgan fingerprint density at radius 2 is 1.85 bits per heavy atom. The first-order chi connectivity index (χ1) is 9.81. The molecule has 4 heteroatoms. The lowest BCUT2D eigenvalue weighted by atomic mass is 10.0. The van der Waals surface area contributed by atoms with Crippen molar-refractivity contribution >= 4 is 0 Å². The van der Waals surface area contributed by atoms with Crippen LogP contribution in [0.1, 0.15) is 71.0 Å². The van der Waals surface area contributed by atoms with Gasteiger partial charge in [0.05, 0.1) is 0 Å². The highest BCUT2D eigenvalue weighted by atomic mass is 15.3. The summed E-state index contributed by atoms with van der Waals surface area (Å²) in [5.41, 5.74) is 0. The van der Waals surface area contributed by atoms with Crippen LogP contribution in [0.5, 0.6) is 0 Å². The van der Waals surface area contributed by atoms with E-state index in [2.05, 4.69) is 36.3 Å². The second-order valence-electron chi connectivity index (χ2n) is 5.65. The van der Waals surface area contributed by atoms with Crippen molar-refractivity contribution < 1.29 is 0 Å². The van der Waals surface area contributed by atoms with Gasteiger partial charge in [0.1, 0.15) is 12.2 Å². The molecule has 1 aromatic rings. The molecule has 1 N–H and O–H groups in total. The fourth-order valence-electron chi connectivity index (χ4n) is 2.58. The SMILES string of the molecule is CCCCCCCCC(Cc1ncnn1CCC)NC. The normalized spacial score (nSPS) is 12.8. The first kappa shape index (κ1) is 17.2. The van der Waals surface area contributed by atoms with E-state index in [1.807, 2.05) is 4.68 Å². The lowest BCUT2D eigenvalue weighted by molar-refractivity contribution is 0.456. The van der Waals surface area contributed by atoms with E-state index >= 15 is 0 Å². The molecule has 1 heterocycles. The molecule has 1 unspecified atom stereocenters. The molecule has 0 aliphatic rings. The summed E-state index contributed by atoms with van der Waals surface area (Å²) in [7, 11) is 2.06. The second-order valence-corrected chi connectivity index (χ2v) is 5.65. The number of likely N-dealkylation sites (N-methyl/N-ethyl adjacent to an activating group) is 1. The van der Waals surface area contributed by atoms with Gasteiger partial charge in [0.2, 0.25) is 0 Å². The minimum atomic E-state index is 0.529. The minimum absolute atomic E-state index is 0.529. The Bertz CT molecular complexity index is 335. The summed E-state index contributed by atoms with van der Waals surface area (Å²) in [5, 5.41) is 7.73. The lowest BCUT2D eigenvalue weighted by Gasteiger charge is -2.16. The number of hydrogen-bond acceptors (Lipinski definition) is 3. The molecule has 0 aliphatic heterocycles. The molecule has 0 radical (unpaired) electrons. The Hall–Kier alpha value is -0.900. The van der Waals surface area contributed by atoms with Crippen molar-refractivity contribution in [2.45, 2.75) is 84.2 Å². The van der Waals surface area contributed by atoms with Crippen molar-refractivity contribution in [3.05, 3.63) is 12.2 Å². The van der Waals surface area contributed by atoms with Crippen molar-refractivity contribution in [3.63, 3.8) is 0 Å². The highest BCUT2D eigenvalue weighted by molar-refractivity contribution is 4.89. The lowest BCUT2D eigenvalue weighted by Crippen LogP contribution is -2.29. The van der Waals surface area contributed by atoms with Gasteiger partial charge in [-0.1, -0.05) is 52.4 Å². The predicted molar refractivity (Wildman–Crippen MR) is 84.9 cm³/mol. The number of hydrogen-bond donors (Lipinski definition) is 1. The molecule has 0 fully saturated rings. The average molecular weight is 280 g/mol. The van der Waals surface area contributed by atoms with Gasteiger partial charge in [-0.05, 0) is 19.9 Å². The summed E-state index contributed by atoms with van der Waals surface area (Å²) in [6.45, 7) is 5.42. The summed E-state index contributed by atoms with van der Waals surface area (Å²) in [6.07, 6.45) is 13.2. The number of nitrogens with one attached hydrogen (secondary N) is 1.